The SMILES string of the molecule is CC(C)[C@H](C(=O)N1CCC(=O)CC1)N1Cc2cc(Oc3ccc(F)cc3F)ccc2CCC1=O.CC(C)[C@H](C(=O)N1CCC(NCC2CC2)CC1)N1Cc2cc(Oc3ccc(F)cc3F)ccc2CCC1=O. The van der Waals surface area contributed by atoms with Crippen LogP contribution in [0.2, 0.25) is 0 Å². The standard InChI is InChI=1S/C30H37F2N3O3.C26H28F2N2O4/c1-19(2)29(30(37)34-13-11-24(12-14-34)33-17-20-3-4-20)35-18-22-15-25(8-5-21(22)6-10-28(35)36)38-27-9-7-23(31)16-26(27)32;1-16(2)25(26(33)29-11-9-20(31)10-12-29)30-15-18-13-21(6-3-17(18)4-8-24(30)32)34-23-7-5-19(27)14-22(23)28/h5,7-9,15-16,19-20,24,29,33H,3-4,6,10-14,17-18H2,1-2H3;3,5-7,13-14,16,25H,4,8-12,15H2,1-2H3/t29-;25-/m11/s1. The number of carbonyl (C=O) groups excluding carboxylic acids is 5. The Hall–Kier alpha value is -6.29. The maximum absolute atomic E-state index is 14.2. The molecule has 2 atom stereocenters. The zero-order valence-corrected chi connectivity index (χ0v) is 41.6. The van der Waals surface area contributed by atoms with Gasteiger partial charge in [-0.25, -0.2) is 17.6 Å². The van der Waals surface area contributed by atoms with Crippen LogP contribution in [0.1, 0.15) is 101 Å². The molecule has 9 rings (SSSR count). The molecule has 0 unspecified atom stereocenters. The Kier molecular flexibility index (Phi) is 16.7. The van der Waals surface area contributed by atoms with Gasteiger partial charge in [0.05, 0.1) is 0 Å². The van der Waals surface area contributed by atoms with Crippen molar-refractivity contribution in [1.29, 1.82) is 0 Å². The number of amides is 4. The third kappa shape index (κ3) is 12.8. The van der Waals surface area contributed by atoms with Crippen LogP contribution in [0, 0.1) is 41.0 Å². The summed E-state index contributed by atoms with van der Waals surface area (Å²) in [5, 5.41) is 3.66. The molecule has 12 nitrogen and oxygen atoms in total. The van der Waals surface area contributed by atoms with E-state index in [9.17, 15) is 41.5 Å². The minimum atomic E-state index is -0.808. The Morgan fingerprint density at radius 2 is 1.00 bits per heavy atom. The van der Waals surface area contributed by atoms with Gasteiger partial charge in [0.15, 0.2) is 23.1 Å². The molecule has 384 valence electrons. The van der Waals surface area contributed by atoms with Crippen molar-refractivity contribution < 1.29 is 51.0 Å². The molecular weight excluding hydrogens is 931 g/mol. The van der Waals surface area contributed by atoms with Crippen LogP contribution in [-0.2, 0) is 49.9 Å². The number of aryl methyl sites for hydroxylation is 2. The topological polar surface area (TPSA) is 129 Å². The van der Waals surface area contributed by atoms with E-state index in [1.807, 2.05) is 44.7 Å². The van der Waals surface area contributed by atoms with Gasteiger partial charge in [0.1, 0.15) is 41.0 Å². The number of ether oxygens (including phenoxy) is 2. The monoisotopic (exact) mass is 995 g/mol. The molecule has 16 heteroatoms. The van der Waals surface area contributed by atoms with Crippen LogP contribution in [-0.4, -0.2) is 99.9 Å². The highest BCUT2D eigenvalue weighted by Gasteiger charge is 2.39. The Morgan fingerprint density at radius 1 is 0.556 bits per heavy atom. The van der Waals surface area contributed by atoms with Crippen molar-refractivity contribution in [3.8, 4) is 23.0 Å². The van der Waals surface area contributed by atoms with E-state index in [1.165, 1.54) is 25.0 Å². The lowest BCUT2D eigenvalue weighted by atomic mass is 9.97. The summed E-state index contributed by atoms with van der Waals surface area (Å²) in [6.45, 7) is 11.5. The van der Waals surface area contributed by atoms with Gasteiger partial charge < -0.3 is 34.4 Å². The average Bonchev–Trinajstić information content (AvgIpc) is 4.21. The van der Waals surface area contributed by atoms with E-state index in [4.69, 9.17) is 9.47 Å². The lowest BCUT2D eigenvalue weighted by Gasteiger charge is -2.39. The molecule has 4 amide bonds. The highest BCUT2D eigenvalue weighted by Crippen LogP contribution is 2.34. The van der Waals surface area contributed by atoms with Crippen LogP contribution in [0.25, 0.3) is 0 Å². The number of benzene rings is 4. The molecule has 1 aliphatic carbocycles. The first-order chi connectivity index (χ1) is 34.5. The Morgan fingerprint density at radius 3 is 1.42 bits per heavy atom. The number of rotatable bonds is 13. The molecule has 0 radical (unpaired) electrons. The van der Waals surface area contributed by atoms with E-state index in [0.29, 0.717) is 75.8 Å². The van der Waals surface area contributed by atoms with E-state index in [-0.39, 0.29) is 72.3 Å². The molecule has 4 aliphatic heterocycles. The fraction of sp³-hybridized carbons (Fsp3) is 0.482. The second-order valence-electron chi connectivity index (χ2n) is 20.5. The number of Topliss-reactive ketones (excluding diaryl/α,β-unsaturated/α-hetero) is 1. The van der Waals surface area contributed by atoms with Gasteiger partial charge in [0, 0.05) is 83.1 Å². The van der Waals surface area contributed by atoms with Crippen molar-refractivity contribution in [2.45, 2.75) is 123 Å². The summed E-state index contributed by atoms with van der Waals surface area (Å²) < 4.78 is 66.1. The minimum Gasteiger partial charge on any atom is -0.454 e. The van der Waals surface area contributed by atoms with Gasteiger partial charge in [-0.3, -0.25) is 24.0 Å². The number of halogens is 4. The van der Waals surface area contributed by atoms with Gasteiger partial charge in [-0.15, -0.1) is 0 Å². The Balaban J connectivity index is 0.000000194. The number of hydrogen-bond donors (Lipinski definition) is 1. The summed E-state index contributed by atoms with van der Waals surface area (Å²) >= 11 is 0. The van der Waals surface area contributed by atoms with Crippen LogP contribution < -0.4 is 14.8 Å². The predicted molar refractivity (Wildman–Crippen MR) is 262 cm³/mol. The number of ketones is 1. The van der Waals surface area contributed by atoms with Crippen molar-refractivity contribution in [2.24, 2.45) is 17.8 Å². The van der Waals surface area contributed by atoms with Crippen LogP contribution >= 0.6 is 0 Å². The molecule has 0 aromatic heterocycles. The van der Waals surface area contributed by atoms with E-state index in [0.717, 1.165) is 71.8 Å². The summed E-state index contributed by atoms with van der Waals surface area (Å²) in [5.41, 5.74) is 3.65. The molecule has 72 heavy (non-hydrogen) atoms. The number of hydrogen-bond acceptors (Lipinski definition) is 8. The van der Waals surface area contributed by atoms with Crippen molar-refractivity contribution >= 4 is 29.4 Å². The highest BCUT2D eigenvalue weighted by molar-refractivity contribution is 5.90. The van der Waals surface area contributed by atoms with Gasteiger partial charge in [0.2, 0.25) is 23.6 Å². The molecule has 2 saturated heterocycles. The zero-order valence-electron chi connectivity index (χ0n) is 41.6. The number of nitrogens with zero attached hydrogens (tertiary/aromatic N) is 4. The van der Waals surface area contributed by atoms with Crippen molar-refractivity contribution in [3.05, 3.63) is 118 Å². The quantitative estimate of drug-likeness (QED) is 0.131. The number of nitrogens with one attached hydrogen (secondary N) is 1. The first-order valence-electron chi connectivity index (χ1n) is 25.4. The molecule has 1 saturated carbocycles. The second kappa shape index (κ2) is 23.1. The van der Waals surface area contributed by atoms with Gasteiger partial charge in [-0.2, -0.15) is 0 Å². The minimum absolute atomic E-state index is 0.0123. The van der Waals surface area contributed by atoms with Crippen molar-refractivity contribution in [3.63, 3.8) is 0 Å². The van der Waals surface area contributed by atoms with Crippen LogP contribution in [0.3, 0.4) is 0 Å². The molecule has 4 aromatic carbocycles. The molecule has 5 aliphatic rings. The molecule has 0 bridgehead atoms. The summed E-state index contributed by atoms with van der Waals surface area (Å²) in [5.74, 6) is -1.83. The fourth-order valence-corrected chi connectivity index (χ4v) is 10.2. The second-order valence-corrected chi connectivity index (χ2v) is 20.5. The van der Waals surface area contributed by atoms with Gasteiger partial charge in [-0.1, -0.05) is 39.8 Å². The number of carbonyl (C=O) groups is 5. The van der Waals surface area contributed by atoms with Gasteiger partial charge in [0.25, 0.3) is 0 Å². The molecular formula is C56H65F4N5O7. The lowest BCUT2D eigenvalue weighted by Crippen LogP contribution is -2.55. The average molecular weight is 996 g/mol. The summed E-state index contributed by atoms with van der Waals surface area (Å²) in [7, 11) is 0. The van der Waals surface area contributed by atoms with E-state index >= 15 is 0 Å². The van der Waals surface area contributed by atoms with E-state index in [1.54, 1.807) is 39.0 Å². The van der Waals surface area contributed by atoms with E-state index in [2.05, 4.69) is 5.32 Å². The molecule has 1 N–H and O–H groups in total. The predicted octanol–water partition coefficient (Wildman–Crippen LogP) is 9.30. The number of likely N-dealkylation sites (tertiary alicyclic amines) is 2. The zero-order chi connectivity index (χ0) is 51.2. The Bertz CT molecular complexity index is 2640. The third-order valence-corrected chi connectivity index (χ3v) is 14.4. The van der Waals surface area contributed by atoms with Crippen LogP contribution in [0.5, 0.6) is 23.0 Å². The summed E-state index contributed by atoms with van der Waals surface area (Å²) in [6.07, 6.45) is 6.87. The Labute approximate surface area is 419 Å². The van der Waals surface area contributed by atoms with Crippen molar-refractivity contribution in [1.82, 2.24) is 24.9 Å². The first kappa shape index (κ1) is 52.0. The number of piperidine rings is 2. The molecule has 0 spiro atoms. The fourth-order valence-electron chi connectivity index (χ4n) is 10.2. The van der Waals surface area contributed by atoms with Crippen molar-refractivity contribution in [2.75, 3.05) is 32.7 Å². The maximum Gasteiger partial charge on any atom is 0.245 e. The lowest BCUT2D eigenvalue weighted by molar-refractivity contribution is -0.149. The molecule has 4 heterocycles. The van der Waals surface area contributed by atoms with Crippen LogP contribution in [0.15, 0.2) is 72.8 Å². The van der Waals surface area contributed by atoms with Crippen LogP contribution in [0.4, 0.5) is 17.6 Å². The third-order valence-electron chi connectivity index (χ3n) is 14.4. The number of fused-ring (bicyclic) bond motifs is 2. The highest BCUT2D eigenvalue weighted by atomic mass is 19.1. The molecule has 4 aromatic rings. The van der Waals surface area contributed by atoms with Gasteiger partial charge >= 0.3 is 0 Å². The molecule has 3 fully saturated rings. The van der Waals surface area contributed by atoms with Gasteiger partial charge in [-0.05, 0) is 134 Å². The smallest absolute Gasteiger partial charge is 0.245 e. The normalized spacial score (nSPS) is 18.4. The maximum atomic E-state index is 14.2. The summed E-state index contributed by atoms with van der Waals surface area (Å²) in [4.78, 5) is 72.2. The first-order valence-corrected chi connectivity index (χ1v) is 25.4. The van der Waals surface area contributed by atoms with E-state index < -0.39 is 35.4 Å². The largest absolute Gasteiger partial charge is 0.454 e. The summed E-state index contributed by atoms with van der Waals surface area (Å²) in [6, 6.07) is 16.2.